The largest absolute Gasteiger partial charge is 0.103 e. The Bertz CT molecular complexity index is 317. The maximum atomic E-state index is 3.82. The summed E-state index contributed by atoms with van der Waals surface area (Å²) < 4.78 is 0. The number of rotatable bonds is 13. The summed E-state index contributed by atoms with van der Waals surface area (Å²) in [5, 5.41) is 0. The van der Waals surface area contributed by atoms with Crippen LogP contribution in [0.15, 0.2) is 0 Å². The second kappa shape index (κ2) is 20.1. The van der Waals surface area contributed by atoms with E-state index in [1.165, 1.54) is 64.2 Å². The first-order valence-corrected chi connectivity index (χ1v) is 9.62. The van der Waals surface area contributed by atoms with Gasteiger partial charge in [0, 0.05) is 25.7 Å². The quantitative estimate of drug-likeness (QED) is 0.251. The molecule has 22 heavy (non-hydrogen) atoms. The maximum Gasteiger partial charge on any atom is 0.00886 e. The van der Waals surface area contributed by atoms with Crippen LogP contribution in [0.3, 0.4) is 0 Å². The van der Waals surface area contributed by atoms with Gasteiger partial charge in [0.05, 0.1) is 0 Å². The first-order valence-electron chi connectivity index (χ1n) is 9.62. The zero-order valence-corrected chi connectivity index (χ0v) is 15.0. The summed E-state index contributed by atoms with van der Waals surface area (Å²) in [6.07, 6.45) is 19.8. The Labute approximate surface area is 140 Å². The molecule has 0 fully saturated rings. The average Bonchev–Trinajstić information content (AvgIpc) is 2.54. The minimum absolute atomic E-state index is 1.01. The molecule has 0 aliphatic rings. The zero-order chi connectivity index (χ0) is 16.1. The van der Waals surface area contributed by atoms with Crippen LogP contribution >= 0.6 is 0 Å². The highest BCUT2D eigenvalue weighted by Gasteiger charge is 1.89. The molecule has 125 valence electrons. The van der Waals surface area contributed by atoms with Gasteiger partial charge in [0.15, 0.2) is 0 Å². The summed E-state index contributed by atoms with van der Waals surface area (Å²) in [5.74, 6) is 13.1. The fourth-order valence-corrected chi connectivity index (χ4v) is 2.34. The van der Waals surface area contributed by atoms with Gasteiger partial charge in [-0.2, -0.15) is 0 Å². The maximum absolute atomic E-state index is 3.82. The summed E-state index contributed by atoms with van der Waals surface area (Å²) in [6, 6.07) is 0. The summed E-state index contributed by atoms with van der Waals surface area (Å²) >= 11 is 0. The Hall–Kier alpha value is -0.880. The highest BCUT2D eigenvalue weighted by Crippen LogP contribution is 2.07. The van der Waals surface area contributed by atoms with Crippen molar-refractivity contribution in [2.24, 2.45) is 0 Å². The molecular formula is C22H37. The molecule has 0 aromatic heterocycles. The molecule has 0 aromatic rings. The van der Waals surface area contributed by atoms with Crippen LogP contribution in [0.4, 0.5) is 0 Å². The minimum atomic E-state index is 1.01. The molecule has 1 radical (unpaired) electrons. The van der Waals surface area contributed by atoms with Crippen LogP contribution in [0.5, 0.6) is 0 Å². The van der Waals surface area contributed by atoms with Crippen LogP contribution in [0, 0.1) is 30.6 Å². The van der Waals surface area contributed by atoms with Crippen molar-refractivity contribution in [2.45, 2.75) is 110 Å². The van der Waals surface area contributed by atoms with Crippen molar-refractivity contribution in [3.05, 3.63) is 6.92 Å². The molecule has 0 heteroatoms. The molecule has 0 aliphatic carbocycles. The first kappa shape index (κ1) is 21.1. The predicted molar refractivity (Wildman–Crippen MR) is 100 cm³/mol. The minimum Gasteiger partial charge on any atom is -0.103 e. The van der Waals surface area contributed by atoms with Gasteiger partial charge in [-0.1, -0.05) is 65.2 Å². The smallest absolute Gasteiger partial charge is 0.00886 e. The van der Waals surface area contributed by atoms with E-state index < -0.39 is 0 Å². The van der Waals surface area contributed by atoms with Crippen molar-refractivity contribution in [3.8, 4) is 23.7 Å². The van der Waals surface area contributed by atoms with Crippen LogP contribution in [-0.4, -0.2) is 0 Å². The van der Waals surface area contributed by atoms with E-state index in [1.54, 1.807) is 0 Å². The van der Waals surface area contributed by atoms with Gasteiger partial charge >= 0.3 is 0 Å². The van der Waals surface area contributed by atoms with Gasteiger partial charge in [-0.05, 0) is 25.7 Å². The second-order valence-corrected chi connectivity index (χ2v) is 6.10. The van der Waals surface area contributed by atoms with Crippen LogP contribution in [0.2, 0.25) is 0 Å². The van der Waals surface area contributed by atoms with E-state index >= 15 is 0 Å². The highest BCUT2D eigenvalue weighted by molar-refractivity contribution is 4.99. The Morgan fingerprint density at radius 2 is 0.864 bits per heavy atom. The molecule has 0 heterocycles. The van der Waals surface area contributed by atoms with Gasteiger partial charge in [0.25, 0.3) is 0 Å². The van der Waals surface area contributed by atoms with Crippen molar-refractivity contribution in [1.82, 2.24) is 0 Å². The molecule has 0 spiro atoms. The Kier molecular flexibility index (Phi) is 19.3. The fourth-order valence-electron chi connectivity index (χ4n) is 2.34. The van der Waals surface area contributed by atoms with Gasteiger partial charge in [-0.25, -0.2) is 0 Å². The fraction of sp³-hybridized carbons (Fsp3) is 0.773. The van der Waals surface area contributed by atoms with E-state index in [2.05, 4.69) is 37.5 Å². The third kappa shape index (κ3) is 19.1. The van der Waals surface area contributed by atoms with Gasteiger partial charge < -0.3 is 0 Å². The molecule has 0 amide bonds. The molecule has 0 atom stereocenters. The Morgan fingerprint density at radius 3 is 1.27 bits per heavy atom. The molecule has 0 saturated heterocycles. The summed E-state index contributed by atoms with van der Waals surface area (Å²) in [7, 11) is 0. The zero-order valence-electron chi connectivity index (χ0n) is 15.0. The molecule has 0 unspecified atom stereocenters. The van der Waals surface area contributed by atoms with Crippen molar-refractivity contribution >= 4 is 0 Å². The lowest BCUT2D eigenvalue weighted by molar-refractivity contribution is 0.613. The lowest BCUT2D eigenvalue weighted by Crippen LogP contribution is -1.79. The Balaban J connectivity index is 3.16. The van der Waals surface area contributed by atoms with Gasteiger partial charge in [0.1, 0.15) is 0 Å². The molecule has 0 rings (SSSR count). The summed E-state index contributed by atoms with van der Waals surface area (Å²) in [6.45, 7) is 6.09. The van der Waals surface area contributed by atoms with Crippen molar-refractivity contribution in [3.63, 3.8) is 0 Å². The van der Waals surface area contributed by atoms with E-state index in [0.29, 0.717) is 0 Å². The van der Waals surface area contributed by atoms with E-state index in [4.69, 9.17) is 0 Å². The van der Waals surface area contributed by atoms with E-state index in [9.17, 15) is 0 Å². The van der Waals surface area contributed by atoms with Crippen LogP contribution in [0.25, 0.3) is 0 Å². The van der Waals surface area contributed by atoms with Gasteiger partial charge in [-0.3, -0.25) is 0 Å². The predicted octanol–water partition coefficient (Wildman–Crippen LogP) is 7.09. The summed E-state index contributed by atoms with van der Waals surface area (Å²) in [5.41, 5.74) is 0. The molecule has 0 nitrogen and oxygen atoms in total. The Morgan fingerprint density at radius 1 is 0.500 bits per heavy atom. The SMILES string of the molecule is [CH2]CCCC#CCCCCCCC#CCCCCCCCC. The normalized spacial score (nSPS) is 9.73. The van der Waals surface area contributed by atoms with Crippen LogP contribution in [-0.2, 0) is 0 Å². The van der Waals surface area contributed by atoms with E-state index in [1.807, 2.05) is 0 Å². The molecule has 0 N–H and O–H groups in total. The van der Waals surface area contributed by atoms with E-state index in [0.717, 1.165) is 38.5 Å². The molecule has 0 aromatic carbocycles. The number of hydrogen-bond donors (Lipinski definition) is 0. The average molecular weight is 302 g/mol. The number of unbranched alkanes of at least 4 members (excludes halogenated alkanes) is 13. The molecule has 0 aliphatic heterocycles. The van der Waals surface area contributed by atoms with E-state index in [-0.39, 0.29) is 0 Å². The molecule has 0 saturated carbocycles. The molecular weight excluding hydrogens is 264 g/mol. The second-order valence-electron chi connectivity index (χ2n) is 6.10. The highest BCUT2D eigenvalue weighted by atomic mass is 13.9. The first-order chi connectivity index (χ1) is 10.9. The third-order valence-electron chi connectivity index (χ3n) is 3.81. The molecule has 0 bridgehead atoms. The summed E-state index contributed by atoms with van der Waals surface area (Å²) in [4.78, 5) is 0. The van der Waals surface area contributed by atoms with Crippen LogP contribution < -0.4 is 0 Å². The van der Waals surface area contributed by atoms with Crippen LogP contribution in [0.1, 0.15) is 110 Å². The van der Waals surface area contributed by atoms with Crippen molar-refractivity contribution < 1.29 is 0 Å². The van der Waals surface area contributed by atoms with Gasteiger partial charge in [0.2, 0.25) is 0 Å². The van der Waals surface area contributed by atoms with Gasteiger partial charge in [-0.15, -0.1) is 23.7 Å². The number of hydrogen-bond acceptors (Lipinski definition) is 0. The van der Waals surface area contributed by atoms with Crippen molar-refractivity contribution in [2.75, 3.05) is 0 Å². The third-order valence-corrected chi connectivity index (χ3v) is 3.81. The topological polar surface area (TPSA) is 0 Å². The lowest BCUT2D eigenvalue weighted by atomic mass is 10.1. The van der Waals surface area contributed by atoms with Crippen molar-refractivity contribution in [1.29, 1.82) is 0 Å². The monoisotopic (exact) mass is 301 g/mol. The standard InChI is InChI=1S/C22H37/c1-3-5-7-9-11-13-15-17-19-21-22-20-18-16-14-12-10-8-6-4-2/h1,3-8,10,12-17,19,21-22H2,2H3. The lowest BCUT2D eigenvalue weighted by Gasteiger charge is -1.96.